The van der Waals surface area contributed by atoms with Crippen LogP contribution < -0.4 is 14.2 Å². The molecule has 29 heavy (non-hydrogen) atoms. The van der Waals surface area contributed by atoms with E-state index >= 15 is 0 Å². The molecule has 2 aliphatic rings. The number of ether oxygens (including phenoxy) is 4. The van der Waals surface area contributed by atoms with Gasteiger partial charge in [-0.25, -0.2) is 4.79 Å². The summed E-state index contributed by atoms with van der Waals surface area (Å²) in [4.78, 5) is 26.0. The molecule has 1 atom stereocenters. The Kier molecular flexibility index (Phi) is 6.08. The Bertz CT molecular complexity index is 797. The predicted octanol–water partition coefficient (Wildman–Crippen LogP) is 3.14. The van der Waals surface area contributed by atoms with E-state index in [4.69, 9.17) is 18.9 Å². The highest BCUT2D eigenvalue weighted by Gasteiger charge is 2.48. The molecule has 7 nitrogen and oxygen atoms in total. The molecule has 1 aliphatic heterocycles. The van der Waals surface area contributed by atoms with Gasteiger partial charge in [-0.2, -0.15) is 0 Å². The lowest BCUT2D eigenvalue weighted by Crippen LogP contribution is -2.46. The average molecular weight is 405 g/mol. The van der Waals surface area contributed by atoms with Crippen LogP contribution in [0.3, 0.4) is 0 Å². The number of fused-ring (bicyclic) bond motifs is 1. The third-order valence-electron chi connectivity index (χ3n) is 6.36. The Balaban J connectivity index is 2.00. The van der Waals surface area contributed by atoms with Crippen LogP contribution in [0.2, 0.25) is 0 Å². The monoisotopic (exact) mass is 405 g/mol. The van der Waals surface area contributed by atoms with Gasteiger partial charge >= 0.3 is 5.97 Å². The zero-order valence-electron chi connectivity index (χ0n) is 18.2. The number of hydrogen-bond acceptors (Lipinski definition) is 7. The lowest BCUT2D eigenvalue weighted by atomic mass is 9.81. The van der Waals surface area contributed by atoms with Gasteiger partial charge in [0.25, 0.3) is 5.79 Å². The molecule has 160 valence electrons. The van der Waals surface area contributed by atoms with E-state index < -0.39 is 11.8 Å². The second-order valence-electron chi connectivity index (χ2n) is 8.22. The Hall–Kier alpha value is -2.28. The Morgan fingerprint density at radius 1 is 1.17 bits per heavy atom. The highest BCUT2D eigenvalue weighted by Crippen LogP contribution is 2.54. The van der Waals surface area contributed by atoms with Crippen LogP contribution in [-0.2, 0) is 16.0 Å². The van der Waals surface area contributed by atoms with Crippen molar-refractivity contribution >= 4 is 12.3 Å². The summed E-state index contributed by atoms with van der Waals surface area (Å²) >= 11 is 0. The summed E-state index contributed by atoms with van der Waals surface area (Å²) in [6.07, 6.45) is 4.90. The molecule has 0 radical (unpaired) electrons. The SMILES string of the molecule is COC(=O)c1c(C)c2c(c(OC)c1CC=O)OC(C)(C1CCC(N(C)C)CC1)O2. The lowest BCUT2D eigenvalue weighted by Gasteiger charge is -2.39. The minimum atomic E-state index is -0.842. The quantitative estimate of drug-likeness (QED) is 0.532. The van der Waals surface area contributed by atoms with E-state index in [0.717, 1.165) is 32.0 Å². The van der Waals surface area contributed by atoms with Gasteiger partial charge in [0.05, 0.1) is 19.8 Å². The first-order valence-corrected chi connectivity index (χ1v) is 10.1. The molecule has 1 fully saturated rings. The molecular formula is C22H31NO6. The van der Waals surface area contributed by atoms with Gasteiger partial charge in [0, 0.05) is 36.4 Å². The number of aldehydes is 1. The summed E-state index contributed by atoms with van der Waals surface area (Å²) < 4.78 is 23.3. The predicted molar refractivity (Wildman–Crippen MR) is 108 cm³/mol. The van der Waals surface area contributed by atoms with Gasteiger partial charge in [-0.1, -0.05) is 0 Å². The van der Waals surface area contributed by atoms with E-state index in [0.29, 0.717) is 40.0 Å². The fourth-order valence-corrected chi connectivity index (χ4v) is 4.66. The molecule has 1 saturated carbocycles. The van der Waals surface area contributed by atoms with Gasteiger partial charge in [-0.15, -0.1) is 0 Å². The van der Waals surface area contributed by atoms with Crippen molar-refractivity contribution < 1.29 is 28.5 Å². The molecule has 0 spiro atoms. The lowest BCUT2D eigenvalue weighted by molar-refractivity contribution is -0.123. The molecule has 0 bridgehead atoms. The molecule has 3 rings (SSSR count). The van der Waals surface area contributed by atoms with Crippen molar-refractivity contribution in [3.05, 3.63) is 16.7 Å². The summed E-state index contributed by atoms with van der Waals surface area (Å²) in [5.74, 6) is 0.172. The highest BCUT2D eigenvalue weighted by molar-refractivity contribution is 5.96. The molecule has 0 saturated heterocycles. The van der Waals surface area contributed by atoms with Crippen LogP contribution >= 0.6 is 0 Å². The summed E-state index contributed by atoms with van der Waals surface area (Å²) in [5, 5.41) is 0. The van der Waals surface area contributed by atoms with Gasteiger partial charge in [-0.05, 0) is 46.7 Å². The minimum absolute atomic E-state index is 0.0236. The molecular weight excluding hydrogens is 374 g/mol. The maximum absolute atomic E-state index is 12.5. The standard InChI is InChI=1S/C22H31NO6/c1-13-17(21(25)27-6)16(11-12-24)19(26-5)20-18(13)28-22(2,29-20)14-7-9-15(10-8-14)23(3)4/h12,14-15H,7-11H2,1-6H3. The minimum Gasteiger partial charge on any atom is -0.492 e. The molecule has 7 heteroatoms. The molecule has 1 aliphatic carbocycles. The molecule has 1 aromatic rings. The number of carbonyl (C=O) groups excluding carboxylic acids is 2. The molecule has 0 N–H and O–H groups in total. The average Bonchev–Trinajstić information content (AvgIpc) is 3.07. The molecule has 1 unspecified atom stereocenters. The number of hydrogen-bond donors (Lipinski definition) is 0. The second-order valence-corrected chi connectivity index (χ2v) is 8.22. The van der Waals surface area contributed by atoms with Crippen molar-refractivity contribution in [3.8, 4) is 17.2 Å². The van der Waals surface area contributed by atoms with Crippen molar-refractivity contribution in [2.75, 3.05) is 28.3 Å². The van der Waals surface area contributed by atoms with Crippen LogP contribution in [0.5, 0.6) is 17.2 Å². The van der Waals surface area contributed by atoms with Crippen molar-refractivity contribution in [2.24, 2.45) is 5.92 Å². The van der Waals surface area contributed by atoms with E-state index in [1.165, 1.54) is 14.2 Å². The number of carbonyl (C=O) groups is 2. The van der Waals surface area contributed by atoms with Crippen LogP contribution in [0.4, 0.5) is 0 Å². The molecule has 1 heterocycles. The number of benzene rings is 1. The van der Waals surface area contributed by atoms with E-state index in [1.807, 2.05) is 6.92 Å². The number of esters is 1. The van der Waals surface area contributed by atoms with E-state index in [2.05, 4.69) is 19.0 Å². The third kappa shape index (κ3) is 3.68. The zero-order valence-corrected chi connectivity index (χ0v) is 18.2. The van der Waals surface area contributed by atoms with Crippen LogP contribution in [0.15, 0.2) is 0 Å². The van der Waals surface area contributed by atoms with Crippen LogP contribution in [0.25, 0.3) is 0 Å². The van der Waals surface area contributed by atoms with Crippen LogP contribution in [0, 0.1) is 12.8 Å². The van der Waals surface area contributed by atoms with Gasteiger partial charge in [-0.3, -0.25) is 0 Å². The highest BCUT2D eigenvalue weighted by atomic mass is 16.7. The second kappa shape index (κ2) is 8.22. The van der Waals surface area contributed by atoms with Gasteiger partial charge in [0.15, 0.2) is 11.5 Å². The van der Waals surface area contributed by atoms with Crippen LogP contribution in [0.1, 0.15) is 54.1 Å². The first kappa shape index (κ1) is 21.4. The summed E-state index contributed by atoms with van der Waals surface area (Å²) in [6, 6.07) is 0.569. The van der Waals surface area contributed by atoms with Crippen molar-refractivity contribution in [2.45, 2.75) is 57.8 Å². The molecule has 0 amide bonds. The zero-order chi connectivity index (χ0) is 21.3. The van der Waals surface area contributed by atoms with Crippen molar-refractivity contribution in [3.63, 3.8) is 0 Å². The van der Waals surface area contributed by atoms with Gasteiger partial charge in [0.1, 0.15) is 6.29 Å². The fourth-order valence-electron chi connectivity index (χ4n) is 4.66. The number of nitrogens with zero attached hydrogens (tertiary/aromatic N) is 1. The number of rotatable bonds is 6. The topological polar surface area (TPSA) is 74.3 Å². The summed E-state index contributed by atoms with van der Waals surface area (Å²) in [5.41, 5.74) is 1.38. The largest absolute Gasteiger partial charge is 0.492 e. The van der Waals surface area contributed by atoms with E-state index in [-0.39, 0.29) is 12.3 Å². The third-order valence-corrected chi connectivity index (χ3v) is 6.36. The van der Waals surface area contributed by atoms with E-state index in [1.54, 1.807) is 6.92 Å². The molecule has 0 aromatic heterocycles. The normalized spacial score (nSPS) is 25.8. The fraction of sp³-hybridized carbons (Fsp3) is 0.636. The first-order chi connectivity index (χ1) is 13.8. The number of methoxy groups -OCH3 is 2. The van der Waals surface area contributed by atoms with Crippen molar-refractivity contribution in [1.82, 2.24) is 4.90 Å². The Labute approximate surface area is 172 Å². The summed E-state index contributed by atoms with van der Waals surface area (Å²) in [6.45, 7) is 3.74. The van der Waals surface area contributed by atoms with Gasteiger partial charge in [0.2, 0.25) is 5.75 Å². The van der Waals surface area contributed by atoms with Crippen LogP contribution in [-0.4, -0.2) is 57.3 Å². The summed E-state index contributed by atoms with van der Waals surface area (Å²) in [7, 11) is 7.04. The first-order valence-electron chi connectivity index (χ1n) is 10.1. The smallest absolute Gasteiger partial charge is 0.338 e. The Morgan fingerprint density at radius 3 is 2.31 bits per heavy atom. The maximum Gasteiger partial charge on any atom is 0.338 e. The van der Waals surface area contributed by atoms with Crippen molar-refractivity contribution in [1.29, 1.82) is 0 Å². The maximum atomic E-state index is 12.5. The molecule has 1 aromatic carbocycles. The van der Waals surface area contributed by atoms with Gasteiger partial charge < -0.3 is 28.6 Å². The Morgan fingerprint density at radius 2 is 1.79 bits per heavy atom. The van der Waals surface area contributed by atoms with E-state index in [9.17, 15) is 9.59 Å².